The number of guanidine groups is 1. The van der Waals surface area contributed by atoms with Crippen molar-refractivity contribution in [1.82, 2.24) is 15.1 Å². The van der Waals surface area contributed by atoms with Crippen molar-refractivity contribution in [3.63, 3.8) is 0 Å². The Hall–Kier alpha value is -0.820. The minimum Gasteiger partial charge on any atom is -0.357 e. The molecule has 4 nitrogen and oxygen atoms in total. The molecule has 0 bridgehead atoms. The van der Waals surface area contributed by atoms with E-state index < -0.39 is 0 Å². The number of aryl methyl sites for hydroxylation is 1. The van der Waals surface area contributed by atoms with Crippen LogP contribution in [0.1, 0.15) is 43.7 Å². The highest BCUT2D eigenvalue weighted by atomic mass is 127. The third-order valence-corrected chi connectivity index (χ3v) is 5.47. The lowest BCUT2D eigenvalue weighted by molar-refractivity contribution is 0.180. The van der Waals surface area contributed by atoms with Crippen LogP contribution in [0.4, 0.5) is 0 Å². The molecule has 0 unspecified atom stereocenters. The molecule has 0 aromatic heterocycles. The number of aliphatic imine (C=N–C) groups is 1. The van der Waals surface area contributed by atoms with Crippen molar-refractivity contribution in [3.05, 3.63) is 35.4 Å². The maximum absolute atomic E-state index is 4.95. The lowest BCUT2D eigenvalue weighted by Gasteiger charge is -2.31. The Kier molecular flexibility index (Phi) is 9.19. The van der Waals surface area contributed by atoms with Crippen LogP contribution in [0.3, 0.4) is 0 Å². The van der Waals surface area contributed by atoms with Gasteiger partial charge in [-0.3, -0.25) is 9.89 Å². The maximum atomic E-state index is 4.95. The lowest BCUT2D eigenvalue weighted by atomic mass is 9.96. The van der Waals surface area contributed by atoms with Crippen molar-refractivity contribution in [2.45, 2.75) is 46.1 Å². The van der Waals surface area contributed by atoms with Crippen molar-refractivity contribution in [3.8, 4) is 0 Å². The largest absolute Gasteiger partial charge is 0.357 e. The summed E-state index contributed by atoms with van der Waals surface area (Å²) in [5.74, 6) is 1.88. The third kappa shape index (κ3) is 6.41. The van der Waals surface area contributed by atoms with Gasteiger partial charge in [0.05, 0.1) is 0 Å². The van der Waals surface area contributed by atoms with Crippen LogP contribution >= 0.6 is 24.0 Å². The van der Waals surface area contributed by atoms with E-state index in [4.69, 9.17) is 4.99 Å². The van der Waals surface area contributed by atoms with Gasteiger partial charge in [-0.05, 0) is 64.1 Å². The summed E-state index contributed by atoms with van der Waals surface area (Å²) in [4.78, 5) is 9.97. The first-order valence-corrected chi connectivity index (χ1v) is 10.1. The van der Waals surface area contributed by atoms with Gasteiger partial charge in [0.1, 0.15) is 0 Å². The number of rotatable bonds is 5. The predicted octanol–water partition coefficient (Wildman–Crippen LogP) is 3.89. The van der Waals surface area contributed by atoms with Crippen molar-refractivity contribution in [2.75, 3.05) is 39.3 Å². The summed E-state index contributed by atoms with van der Waals surface area (Å²) in [6, 6.07) is 8.98. The summed E-state index contributed by atoms with van der Waals surface area (Å²) >= 11 is 0. The zero-order chi connectivity index (χ0) is 17.5. The molecule has 0 amide bonds. The number of nitrogens with zero attached hydrogens (tertiary/aromatic N) is 3. The van der Waals surface area contributed by atoms with Crippen molar-refractivity contribution in [2.24, 2.45) is 10.9 Å². The number of halogens is 1. The molecule has 2 aliphatic rings. The van der Waals surface area contributed by atoms with E-state index in [1.807, 2.05) is 0 Å². The molecule has 0 aliphatic carbocycles. The SMILES string of the molecule is CCNC(=NCC1CCN(Cc2ccc(C)cc2)CC1)N1CCCC1.I. The van der Waals surface area contributed by atoms with Crippen LogP contribution in [-0.4, -0.2) is 55.0 Å². The topological polar surface area (TPSA) is 30.9 Å². The average molecular weight is 470 g/mol. The fourth-order valence-corrected chi connectivity index (χ4v) is 3.85. The first kappa shape index (κ1) is 21.5. The zero-order valence-electron chi connectivity index (χ0n) is 16.4. The third-order valence-electron chi connectivity index (χ3n) is 5.47. The predicted molar refractivity (Wildman–Crippen MR) is 121 cm³/mol. The van der Waals surface area contributed by atoms with E-state index in [2.05, 4.69) is 53.2 Å². The number of nitrogens with one attached hydrogen (secondary N) is 1. The van der Waals surface area contributed by atoms with Crippen LogP contribution < -0.4 is 5.32 Å². The van der Waals surface area contributed by atoms with E-state index in [1.165, 1.54) is 63.0 Å². The smallest absolute Gasteiger partial charge is 0.193 e. The minimum absolute atomic E-state index is 0. The molecule has 2 fully saturated rings. The number of likely N-dealkylation sites (tertiary alicyclic amines) is 2. The van der Waals surface area contributed by atoms with E-state index in [0.29, 0.717) is 0 Å². The molecule has 0 saturated carbocycles. The van der Waals surface area contributed by atoms with Crippen LogP contribution in [0, 0.1) is 12.8 Å². The Morgan fingerprint density at radius 3 is 2.35 bits per heavy atom. The van der Waals surface area contributed by atoms with E-state index in [9.17, 15) is 0 Å². The Labute approximate surface area is 176 Å². The second kappa shape index (κ2) is 11.1. The van der Waals surface area contributed by atoms with Gasteiger partial charge >= 0.3 is 0 Å². The monoisotopic (exact) mass is 470 g/mol. The highest BCUT2D eigenvalue weighted by Crippen LogP contribution is 2.20. The molecule has 0 atom stereocenters. The average Bonchev–Trinajstić information content (AvgIpc) is 3.16. The van der Waals surface area contributed by atoms with Gasteiger partial charge in [0, 0.05) is 32.7 Å². The minimum atomic E-state index is 0. The molecule has 2 heterocycles. The molecular weight excluding hydrogens is 435 g/mol. The lowest BCUT2D eigenvalue weighted by Crippen LogP contribution is -2.40. The normalized spacial score (nSPS) is 19.5. The highest BCUT2D eigenvalue weighted by molar-refractivity contribution is 14.0. The van der Waals surface area contributed by atoms with E-state index >= 15 is 0 Å². The Morgan fingerprint density at radius 2 is 1.73 bits per heavy atom. The van der Waals surface area contributed by atoms with Gasteiger partial charge in [0.2, 0.25) is 0 Å². The van der Waals surface area contributed by atoms with E-state index in [0.717, 1.165) is 31.5 Å². The summed E-state index contributed by atoms with van der Waals surface area (Å²) < 4.78 is 0. The van der Waals surface area contributed by atoms with E-state index in [1.54, 1.807) is 0 Å². The Balaban J connectivity index is 0.00000243. The number of benzene rings is 1. The van der Waals surface area contributed by atoms with Gasteiger partial charge in [0.25, 0.3) is 0 Å². The van der Waals surface area contributed by atoms with Crippen molar-refractivity contribution < 1.29 is 0 Å². The van der Waals surface area contributed by atoms with Gasteiger partial charge in [0.15, 0.2) is 5.96 Å². The van der Waals surface area contributed by atoms with E-state index in [-0.39, 0.29) is 24.0 Å². The fraction of sp³-hybridized carbons (Fsp3) is 0.667. The van der Waals surface area contributed by atoms with Crippen LogP contribution in [0.5, 0.6) is 0 Å². The molecule has 3 rings (SSSR count). The van der Waals surface area contributed by atoms with Gasteiger partial charge in [-0.15, -0.1) is 24.0 Å². The summed E-state index contributed by atoms with van der Waals surface area (Å²) in [6.07, 6.45) is 5.16. The standard InChI is InChI=1S/C21H34N4.HI/c1-3-22-21(25-12-4-5-13-25)23-16-19-10-14-24(15-11-19)17-20-8-6-18(2)7-9-20;/h6-9,19H,3-5,10-17H2,1-2H3,(H,22,23);1H. The summed E-state index contributed by atoms with van der Waals surface area (Å²) in [6.45, 7) is 12.1. The summed E-state index contributed by atoms with van der Waals surface area (Å²) in [5.41, 5.74) is 2.78. The molecule has 26 heavy (non-hydrogen) atoms. The first-order valence-electron chi connectivity index (χ1n) is 10.1. The maximum Gasteiger partial charge on any atom is 0.193 e. The summed E-state index contributed by atoms with van der Waals surface area (Å²) in [7, 11) is 0. The molecule has 1 aromatic rings. The van der Waals surface area contributed by atoms with Crippen LogP contribution in [0.2, 0.25) is 0 Å². The molecule has 2 saturated heterocycles. The molecule has 0 radical (unpaired) electrons. The second-order valence-corrected chi connectivity index (χ2v) is 7.59. The Morgan fingerprint density at radius 1 is 1.08 bits per heavy atom. The van der Waals surface area contributed by atoms with Crippen LogP contribution in [-0.2, 0) is 6.54 Å². The molecule has 1 aromatic carbocycles. The van der Waals surface area contributed by atoms with Crippen molar-refractivity contribution in [1.29, 1.82) is 0 Å². The fourth-order valence-electron chi connectivity index (χ4n) is 3.85. The molecule has 1 N–H and O–H groups in total. The molecule has 146 valence electrons. The zero-order valence-corrected chi connectivity index (χ0v) is 18.7. The van der Waals surface area contributed by atoms with Gasteiger partial charge in [-0.25, -0.2) is 0 Å². The van der Waals surface area contributed by atoms with Gasteiger partial charge < -0.3 is 10.2 Å². The van der Waals surface area contributed by atoms with Crippen LogP contribution in [0.15, 0.2) is 29.3 Å². The number of hydrogen-bond donors (Lipinski definition) is 1. The molecule has 2 aliphatic heterocycles. The number of piperidine rings is 1. The van der Waals surface area contributed by atoms with Gasteiger partial charge in [-0.1, -0.05) is 29.8 Å². The second-order valence-electron chi connectivity index (χ2n) is 7.59. The Bertz CT molecular complexity index is 544. The highest BCUT2D eigenvalue weighted by Gasteiger charge is 2.20. The molecule has 0 spiro atoms. The van der Waals surface area contributed by atoms with Crippen molar-refractivity contribution >= 4 is 29.9 Å². The molecule has 5 heteroatoms. The van der Waals surface area contributed by atoms with Gasteiger partial charge in [-0.2, -0.15) is 0 Å². The summed E-state index contributed by atoms with van der Waals surface area (Å²) in [5, 5.41) is 3.48. The first-order chi connectivity index (χ1) is 12.2. The molecular formula is C21H35IN4. The van der Waals surface area contributed by atoms with Crippen LogP contribution in [0.25, 0.3) is 0 Å². The number of hydrogen-bond acceptors (Lipinski definition) is 2. The quantitative estimate of drug-likeness (QED) is 0.403.